The van der Waals surface area contributed by atoms with Gasteiger partial charge in [-0.1, -0.05) is 73.5 Å². The predicted molar refractivity (Wildman–Crippen MR) is 94.1 cm³/mol. The normalized spacial score (nSPS) is 22.9. The van der Waals surface area contributed by atoms with Crippen molar-refractivity contribution in [3.8, 4) is 0 Å². The molecule has 2 atom stereocenters. The van der Waals surface area contributed by atoms with Crippen LogP contribution in [0, 0.1) is 0 Å². The third kappa shape index (κ3) is 3.10. The number of hydrogen-bond acceptors (Lipinski definition) is 1. The minimum absolute atomic E-state index is 0.285. The van der Waals surface area contributed by atoms with Gasteiger partial charge in [-0.25, -0.2) is 0 Å². The van der Waals surface area contributed by atoms with Crippen molar-refractivity contribution in [2.45, 2.75) is 36.6 Å². The van der Waals surface area contributed by atoms with Gasteiger partial charge in [-0.3, -0.25) is 0 Å². The molecule has 20 heavy (non-hydrogen) atoms. The quantitative estimate of drug-likeness (QED) is 0.632. The Balaban J connectivity index is 1.99. The molecule has 0 spiro atoms. The molecule has 2 aromatic carbocycles. The average Bonchev–Trinajstić information content (AvgIpc) is 2.52. The molecule has 104 valence electrons. The lowest BCUT2D eigenvalue weighted by molar-refractivity contribution is 0.526. The molecule has 0 nitrogen and oxygen atoms in total. The van der Waals surface area contributed by atoms with E-state index in [1.165, 1.54) is 36.3 Å². The Bertz CT molecular complexity index is 486. The molecule has 0 amide bonds. The Morgan fingerprint density at radius 1 is 0.750 bits per heavy atom. The molecule has 0 aromatic heterocycles. The molecule has 0 N–H and O–H groups in total. The first-order valence-electron chi connectivity index (χ1n) is 7.43. The molecule has 2 aromatic rings. The van der Waals surface area contributed by atoms with Crippen LogP contribution >= 0.6 is 20.6 Å². The lowest BCUT2D eigenvalue weighted by atomic mass is 10.00. The van der Waals surface area contributed by atoms with E-state index in [0.717, 1.165) is 0 Å². The number of benzene rings is 2. The van der Waals surface area contributed by atoms with Crippen LogP contribution in [0.5, 0.6) is 0 Å². The summed E-state index contributed by atoms with van der Waals surface area (Å²) in [5.41, 5.74) is 0.715. The van der Waals surface area contributed by atoms with Crippen molar-refractivity contribution in [3.05, 3.63) is 60.7 Å². The van der Waals surface area contributed by atoms with Crippen molar-refractivity contribution in [1.82, 2.24) is 0 Å². The number of rotatable bonds is 3. The maximum atomic E-state index is 4.91. The summed E-state index contributed by atoms with van der Waals surface area (Å²) >= 11 is 4.91. The highest BCUT2D eigenvalue weighted by atomic mass is 32.1. The fourth-order valence-corrected chi connectivity index (χ4v) is 6.82. The van der Waals surface area contributed by atoms with Crippen LogP contribution in [0.3, 0.4) is 0 Å². The van der Waals surface area contributed by atoms with E-state index in [0.29, 0.717) is 10.9 Å². The summed E-state index contributed by atoms with van der Waals surface area (Å²) in [6.07, 6.45) is 5.30. The van der Waals surface area contributed by atoms with Gasteiger partial charge in [-0.05, 0) is 37.0 Å². The Labute approximate surface area is 128 Å². The highest BCUT2D eigenvalue weighted by Crippen LogP contribution is 2.47. The summed E-state index contributed by atoms with van der Waals surface area (Å²) in [5, 5.41) is 3.55. The first-order valence-corrected chi connectivity index (χ1v) is 9.36. The van der Waals surface area contributed by atoms with E-state index >= 15 is 0 Å². The predicted octanol–water partition coefficient (Wildman–Crippen LogP) is 4.36. The summed E-state index contributed by atoms with van der Waals surface area (Å²) in [7, 11) is -0.285. The summed E-state index contributed by atoms with van der Waals surface area (Å²) in [6.45, 7) is 0. The molecule has 1 saturated carbocycles. The van der Waals surface area contributed by atoms with Gasteiger partial charge in [0.25, 0.3) is 0 Å². The Morgan fingerprint density at radius 2 is 1.25 bits per heavy atom. The first-order chi connectivity index (χ1) is 9.86. The molecule has 0 bridgehead atoms. The Hall–Kier alpha value is -0.780. The highest BCUT2D eigenvalue weighted by molar-refractivity contribution is 7.82. The van der Waals surface area contributed by atoms with Crippen LogP contribution in [0.25, 0.3) is 0 Å². The van der Waals surface area contributed by atoms with E-state index < -0.39 is 0 Å². The molecule has 1 fully saturated rings. The van der Waals surface area contributed by atoms with Crippen molar-refractivity contribution in [3.63, 3.8) is 0 Å². The summed E-state index contributed by atoms with van der Waals surface area (Å²) in [5.74, 6) is 0. The molecule has 2 heteroatoms. The maximum absolute atomic E-state index is 4.91. The largest absolute Gasteiger partial charge is 0.175 e. The minimum Gasteiger partial charge on any atom is -0.175 e. The van der Waals surface area contributed by atoms with Gasteiger partial charge in [0.15, 0.2) is 0 Å². The molecule has 0 radical (unpaired) electrons. The fraction of sp³-hybridized carbons (Fsp3) is 0.333. The van der Waals surface area contributed by atoms with Crippen molar-refractivity contribution in [2.75, 3.05) is 0 Å². The molecule has 2 unspecified atom stereocenters. The molecule has 0 saturated heterocycles. The third-order valence-corrected chi connectivity index (χ3v) is 7.94. The van der Waals surface area contributed by atoms with Gasteiger partial charge >= 0.3 is 0 Å². The molecule has 3 rings (SSSR count). The Kier molecular flexibility index (Phi) is 4.81. The van der Waals surface area contributed by atoms with E-state index in [2.05, 4.69) is 60.7 Å². The monoisotopic (exact) mass is 300 g/mol. The second kappa shape index (κ2) is 6.78. The van der Waals surface area contributed by atoms with Crippen molar-refractivity contribution in [2.24, 2.45) is 0 Å². The van der Waals surface area contributed by atoms with Gasteiger partial charge in [-0.2, -0.15) is 12.6 Å². The van der Waals surface area contributed by atoms with E-state index in [1.807, 2.05) is 0 Å². The van der Waals surface area contributed by atoms with Gasteiger partial charge in [0, 0.05) is 5.25 Å². The van der Waals surface area contributed by atoms with Crippen LogP contribution in [0.15, 0.2) is 60.7 Å². The SMILES string of the molecule is SC1CCCCC1P(c1ccccc1)c1ccccc1. The first kappa shape index (κ1) is 14.2. The maximum Gasteiger partial charge on any atom is 0.00903 e. The second-order valence-electron chi connectivity index (χ2n) is 5.46. The van der Waals surface area contributed by atoms with Gasteiger partial charge in [-0.15, -0.1) is 0 Å². The third-order valence-electron chi connectivity index (χ3n) is 4.09. The smallest absolute Gasteiger partial charge is 0.00903 e. The number of hydrogen-bond donors (Lipinski definition) is 1. The van der Waals surface area contributed by atoms with Crippen molar-refractivity contribution in [1.29, 1.82) is 0 Å². The fourth-order valence-electron chi connectivity index (χ4n) is 3.10. The highest BCUT2D eigenvalue weighted by Gasteiger charge is 2.31. The summed E-state index contributed by atoms with van der Waals surface area (Å²) in [4.78, 5) is 0. The molecule has 0 aliphatic heterocycles. The lowest BCUT2D eigenvalue weighted by Gasteiger charge is -2.35. The van der Waals surface area contributed by atoms with Gasteiger partial charge < -0.3 is 0 Å². The van der Waals surface area contributed by atoms with Gasteiger partial charge in [0.2, 0.25) is 0 Å². The second-order valence-corrected chi connectivity index (χ2v) is 8.56. The number of thiol groups is 1. The van der Waals surface area contributed by atoms with Crippen LogP contribution in [-0.2, 0) is 0 Å². The zero-order valence-corrected chi connectivity index (χ0v) is 13.4. The molecule has 1 aliphatic rings. The van der Waals surface area contributed by atoms with Crippen LogP contribution in [0.1, 0.15) is 25.7 Å². The Morgan fingerprint density at radius 3 is 1.75 bits per heavy atom. The van der Waals surface area contributed by atoms with Crippen molar-refractivity contribution < 1.29 is 0 Å². The van der Waals surface area contributed by atoms with Crippen LogP contribution in [0.4, 0.5) is 0 Å². The summed E-state index contributed by atoms with van der Waals surface area (Å²) < 4.78 is 0. The molecule has 0 heterocycles. The zero-order valence-electron chi connectivity index (χ0n) is 11.7. The van der Waals surface area contributed by atoms with Crippen molar-refractivity contribution >= 4 is 31.2 Å². The van der Waals surface area contributed by atoms with E-state index in [4.69, 9.17) is 12.6 Å². The molecular formula is C18H21PS. The van der Waals surface area contributed by atoms with Gasteiger partial charge in [0.1, 0.15) is 0 Å². The van der Waals surface area contributed by atoms with E-state index in [9.17, 15) is 0 Å². The lowest BCUT2D eigenvalue weighted by Crippen LogP contribution is -2.31. The molecular weight excluding hydrogens is 279 g/mol. The van der Waals surface area contributed by atoms with Crippen LogP contribution < -0.4 is 10.6 Å². The van der Waals surface area contributed by atoms with E-state index in [1.54, 1.807) is 0 Å². The summed E-state index contributed by atoms with van der Waals surface area (Å²) in [6, 6.07) is 22.1. The average molecular weight is 300 g/mol. The zero-order chi connectivity index (χ0) is 13.8. The van der Waals surface area contributed by atoms with Gasteiger partial charge in [0.05, 0.1) is 0 Å². The van der Waals surface area contributed by atoms with E-state index in [-0.39, 0.29) is 7.92 Å². The topological polar surface area (TPSA) is 0 Å². The minimum atomic E-state index is -0.285. The van der Waals surface area contributed by atoms with Crippen LogP contribution in [-0.4, -0.2) is 10.9 Å². The van der Waals surface area contributed by atoms with Crippen LogP contribution in [0.2, 0.25) is 0 Å². The standard InChI is InChI=1S/C18H21PS/c20-18-14-8-7-13-17(18)19(15-9-3-1-4-10-15)16-11-5-2-6-12-16/h1-6,9-12,17-18,20H,7-8,13-14H2. The molecule has 1 aliphatic carbocycles.